The summed E-state index contributed by atoms with van der Waals surface area (Å²) >= 11 is 0. The molecule has 3 atom stereocenters. The smallest absolute Gasteiger partial charge is 0.390 e. The monoisotopic (exact) mass is 408 g/mol. The lowest BCUT2D eigenvalue weighted by molar-refractivity contribution is -0.152. The van der Waals surface area contributed by atoms with E-state index in [1.54, 1.807) is 4.90 Å². The molecule has 1 saturated heterocycles. The Morgan fingerprint density at radius 1 is 1.07 bits per heavy atom. The number of aliphatic hydroxyl groups is 1. The van der Waals surface area contributed by atoms with Crippen molar-refractivity contribution in [3.8, 4) is 0 Å². The Bertz CT molecular complexity index is 793. The predicted octanol–water partition coefficient (Wildman–Crippen LogP) is 4.44. The van der Waals surface area contributed by atoms with E-state index < -0.39 is 17.3 Å². The Balaban J connectivity index is 1.31. The van der Waals surface area contributed by atoms with Gasteiger partial charge in [0.05, 0.1) is 17.2 Å². The molecular weight excluding hydrogens is 381 g/mol. The molecule has 2 unspecified atom stereocenters. The molecule has 1 aromatic rings. The first-order valence-electron chi connectivity index (χ1n) is 10.6. The molecule has 158 valence electrons. The number of halogens is 3. The van der Waals surface area contributed by atoms with Crippen molar-refractivity contribution in [2.24, 2.45) is 17.8 Å². The molecule has 5 fully saturated rings. The summed E-state index contributed by atoms with van der Waals surface area (Å²) in [5.41, 5.74) is -0.481. The van der Waals surface area contributed by atoms with Crippen LogP contribution in [0.15, 0.2) is 24.3 Å². The van der Waals surface area contributed by atoms with Gasteiger partial charge < -0.3 is 14.9 Å². The highest BCUT2D eigenvalue weighted by Crippen LogP contribution is 2.57. The molecule has 1 aliphatic heterocycles. The fourth-order valence-corrected chi connectivity index (χ4v) is 6.80. The molecule has 4 bridgehead atoms. The van der Waals surface area contributed by atoms with Crippen LogP contribution < -0.4 is 0 Å². The predicted molar refractivity (Wildman–Crippen MR) is 101 cm³/mol. The van der Waals surface area contributed by atoms with Gasteiger partial charge in [-0.1, -0.05) is 12.1 Å². The molecule has 1 N–H and O–H groups in total. The van der Waals surface area contributed by atoms with Crippen LogP contribution in [0.1, 0.15) is 56.2 Å². The summed E-state index contributed by atoms with van der Waals surface area (Å²) in [6.45, 7) is 3.12. The van der Waals surface area contributed by atoms with Gasteiger partial charge in [-0.25, -0.2) is 4.79 Å². The summed E-state index contributed by atoms with van der Waals surface area (Å²) in [5, 5.41) is 10.8. The highest BCUT2D eigenvalue weighted by molar-refractivity contribution is 5.77. The quantitative estimate of drug-likeness (QED) is 0.803. The normalized spacial score (nSPS) is 37.5. The van der Waals surface area contributed by atoms with E-state index in [0.717, 1.165) is 44.2 Å². The van der Waals surface area contributed by atoms with Gasteiger partial charge in [0, 0.05) is 19.1 Å². The molecule has 0 aromatic heterocycles. The third-order valence-electron chi connectivity index (χ3n) is 7.81. The van der Waals surface area contributed by atoms with E-state index in [1.165, 1.54) is 12.1 Å². The summed E-state index contributed by atoms with van der Waals surface area (Å²) < 4.78 is 38.5. The minimum Gasteiger partial charge on any atom is -0.390 e. The second-order valence-corrected chi connectivity index (χ2v) is 9.65. The van der Waals surface area contributed by atoms with E-state index in [0.29, 0.717) is 36.4 Å². The Morgan fingerprint density at radius 3 is 2.24 bits per heavy atom. The Kier molecular flexibility index (Phi) is 4.22. The van der Waals surface area contributed by atoms with Crippen molar-refractivity contribution in [1.82, 2.24) is 9.80 Å². The number of alkyl halides is 3. The summed E-state index contributed by atoms with van der Waals surface area (Å²) in [6.07, 6.45) is 0.346. The van der Waals surface area contributed by atoms with Gasteiger partial charge in [0.15, 0.2) is 0 Å². The molecular formula is C22H27F3N2O2. The van der Waals surface area contributed by atoms with Crippen molar-refractivity contribution in [3.63, 3.8) is 0 Å². The van der Waals surface area contributed by atoms with Crippen molar-refractivity contribution >= 4 is 6.03 Å². The number of carbonyl (C=O) groups excluding carboxylic acids is 1. The number of carbonyl (C=O) groups is 1. The number of hydrogen-bond donors (Lipinski definition) is 1. The fourth-order valence-electron chi connectivity index (χ4n) is 6.80. The maximum Gasteiger partial charge on any atom is 0.416 e. The van der Waals surface area contributed by atoms with Crippen molar-refractivity contribution in [1.29, 1.82) is 0 Å². The maximum atomic E-state index is 13.3. The Labute approximate surface area is 168 Å². The number of rotatable bonds is 3. The number of nitrogens with zero attached hydrogens (tertiary/aromatic N) is 2. The van der Waals surface area contributed by atoms with Crippen molar-refractivity contribution < 1.29 is 23.1 Å². The molecule has 4 nitrogen and oxygen atoms in total. The molecule has 0 spiro atoms. The summed E-state index contributed by atoms with van der Waals surface area (Å²) in [7, 11) is 0. The molecule has 5 aliphatic rings. The molecule has 0 radical (unpaired) electrons. The van der Waals surface area contributed by atoms with E-state index in [9.17, 15) is 23.1 Å². The average Bonchev–Trinajstić information content (AvgIpc) is 3.00. The molecule has 29 heavy (non-hydrogen) atoms. The minimum atomic E-state index is -4.36. The van der Waals surface area contributed by atoms with Crippen LogP contribution in [-0.2, 0) is 6.18 Å². The Morgan fingerprint density at radius 2 is 1.69 bits per heavy atom. The SMILES string of the molecule is C[C@@H](c1ccc(C(F)(F)F)cc1)N1CCN(C2C3CC4CC2CC(O)(C4)C3)C1=O. The highest BCUT2D eigenvalue weighted by atomic mass is 19.4. The lowest BCUT2D eigenvalue weighted by Gasteiger charge is -2.59. The van der Waals surface area contributed by atoms with Gasteiger partial charge in [-0.3, -0.25) is 0 Å². The second kappa shape index (κ2) is 6.37. The third kappa shape index (κ3) is 3.13. The highest BCUT2D eigenvalue weighted by Gasteiger charge is 2.57. The zero-order valence-corrected chi connectivity index (χ0v) is 16.5. The van der Waals surface area contributed by atoms with E-state index in [2.05, 4.69) is 0 Å². The van der Waals surface area contributed by atoms with Crippen LogP contribution in [0.2, 0.25) is 0 Å². The summed E-state index contributed by atoms with van der Waals surface area (Å²) in [6, 6.07) is 5.04. The maximum absolute atomic E-state index is 13.3. The molecule has 7 heteroatoms. The van der Waals surface area contributed by atoms with Gasteiger partial charge in [-0.15, -0.1) is 0 Å². The topological polar surface area (TPSA) is 43.8 Å². The van der Waals surface area contributed by atoms with Crippen LogP contribution in [0.3, 0.4) is 0 Å². The second-order valence-electron chi connectivity index (χ2n) is 9.65. The van der Waals surface area contributed by atoms with Crippen LogP contribution in [0.4, 0.5) is 18.0 Å². The van der Waals surface area contributed by atoms with E-state index >= 15 is 0 Å². The number of hydrogen-bond acceptors (Lipinski definition) is 2. The summed E-state index contributed by atoms with van der Waals surface area (Å²) in [4.78, 5) is 17.0. The van der Waals surface area contributed by atoms with Crippen molar-refractivity contribution in [2.75, 3.05) is 13.1 Å². The van der Waals surface area contributed by atoms with Crippen LogP contribution in [0.5, 0.6) is 0 Å². The van der Waals surface area contributed by atoms with E-state index in [4.69, 9.17) is 0 Å². The third-order valence-corrected chi connectivity index (χ3v) is 7.81. The van der Waals surface area contributed by atoms with E-state index in [-0.39, 0.29) is 18.1 Å². The van der Waals surface area contributed by atoms with Gasteiger partial charge in [-0.2, -0.15) is 13.2 Å². The van der Waals surface area contributed by atoms with Crippen LogP contribution in [-0.4, -0.2) is 45.7 Å². The standard InChI is InChI=1S/C22H27F3N2O2/c1-13(15-2-4-18(5-3-15)22(23,24)25)26-6-7-27(20(26)28)19-16-8-14-9-17(19)12-21(29,10-14)11-16/h2-5,13-14,16-17,19,29H,6-12H2,1H3/t13-,14?,16?,17?,19?,21?/m0/s1. The van der Waals surface area contributed by atoms with E-state index in [1.807, 2.05) is 11.8 Å². The largest absolute Gasteiger partial charge is 0.416 e. The van der Waals surface area contributed by atoms with Gasteiger partial charge >= 0.3 is 12.2 Å². The van der Waals surface area contributed by atoms with Crippen molar-refractivity contribution in [2.45, 2.75) is 62.9 Å². The molecule has 6 rings (SSSR count). The first kappa shape index (κ1) is 19.2. The van der Waals surface area contributed by atoms with Gasteiger partial charge in [0.25, 0.3) is 0 Å². The van der Waals surface area contributed by atoms with Gasteiger partial charge in [0.1, 0.15) is 0 Å². The summed E-state index contributed by atoms with van der Waals surface area (Å²) in [5.74, 6) is 1.33. The first-order chi connectivity index (χ1) is 13.6. The van der Waals surface area contributed by atoms with Gasteiger partial charge in [-0.05, 0) is 74.5 Å². The Hall–Kier alpha value is -1.76. The molecule has 1 heterocycles. The number of urea groups is 1. The molecule has 4 aliphatic carbocycles. The lowest BCUT2D eigenvalue weighted by Crippen LogP contribution is -2.62. The van der Waals surface area contributed by atoms with Crippen molar-refractivity contribution in [3.05, 3.63) is 35.4 Å². The first-order valence-corrected chi connectivity index (χ1v) is 10.6. The molecule has 1 aromatic carbocycles. The zero-order valence-electron chi connectivity index (χ0n) is 16.5. The average molecular weight is 408 g/mol. The molecule has 2 amide bonds. The lowest BCUT2D eigenvalue weighted by atomic mass is 9.52. The van der Waals surface area contributed by atoms with Crippen LogP contribution in [0, 0.1) is 17.8 Å². The van der Waals surface area contributed by atoms with Crippen LogP contribution in [0.25, 0.3) is 0 Å². The van der Waals surface area contributed by atoms with Gasteiger partial charge in [0.2, 0.25) is 0 Å². The van der Waals surface area contributed by atoms with Crippen LogP contribution >= 0.6 is 0 Å². The minimum absolute atomic E-state index is 0.0122. The number of benzene rings is 1. The fraction of sp³-hybridized carbons (Fsp3) is 0.682. The molecule has 4 saturated carbocycles. The number of amides is 2. The zero-order chi connectivity index (χ0) is 20.6.